The lowest BCUT2D eigenvalue weighted by molar-refractivity contribution is 0.0913. The number of hydrogen-bond donors (Lipinski definition) is 1. The Balaban J connectivity index is 3.18. The van der Waals surface area contributed by atoms with E-state index in [-0.39, 0.29) is 5.78 Å². The molecule has 0 saturated heterocycles. The number of ketones is 1. The first-order valence-corrected chi connectivity index (χ1v) is 4.95. The molecule has 0 unspecified atom stereocenters. The maximum atomic E-state index is 12.0. The van der Waals surface area contributed by atoms with Crippen molar-refractivity contribution in [2.45, 2.75) is 19.4 Å². The quantitative estimate of drug-likeness (QED) is 0.788. The molecule has 0 saturated carbocycles. The number of methoxy groups -OCH3 is 2. The van der Waals surface area contributed by atoms with Crippen molar-refractivity contribution in [2.24, 2.45) is 5.73 Å². The lowest BCUT2D eigenvalue weighted by atomic mass is 9.94. The van der Waals surface area contributed by atoms with E-state index >= 15 is 0 Å². The lowest BCUT2D eigenvalue weighted by Gasteiger charge is -2.17. The zero-order valence-corrected chi connectivity index (χ0v) is 10.0. The van der Waals surface area contributed by atoms with Crippen molar-refractivity contribution in [1.29, 1.82) is 0 Å². The number of ether oxygens (including phenoxy) is 2. The van der Waals surface area contributed by atoms with E-state index in [2.05, 4.69) is 0 Å². The van der Waals surface area contributed by atoms with Gasteiger partial charge in [-0.3, -0.25) is 4.79 Å². The Morgan fingerprint density at radius 1 is 1.12 bits per heavy atom. The molecule has 2 N–H and O–H groups in total. The molecule has 0 radical (unpaired) electrons. The van der Waals surface area contributed by atoms with Crippen molar-refractivity contribution in [3.63, 3.8) is 0 Å². The van der Waals surface area contributed by atoms with E-state index in [1.54, 1.807) is 32.0 Å². The molecule has 0 aromatic heterocycles. The van der Waals surface area contributed by atoms with Crippen molar-refractivity contribution >= 4 is 5.78 Å². The number of carbonyl (C=O) groups excluding carboxylic acids is 1. The smallest absolute Gasteiger partial charge is 0.182 e. The number of nitrogens with two attached hydrogens (primary N) is 1. The standard InChI is InChI=1S/C12H17NO3/c1-12(2,13)11(14)8-5-9(15-3)7-10(6-8)16-4/h5-7H,13H2,1-4H3. The molecule has 88 valence electrons. The molecule has 0 atom stereocenters. The van der Waals surface area contributed by atoms with Gasteiger partial charge in [-0.1, -0.05) is 0 Å². The van der Waals surface area contributed by atoms with E-state index in [1.165, 1.54) is 14.2 Å². The molecular formula is C12H17NO3. The molecule has 1 aromatic rings. The van der Waals surface area contributed by atoms with Gasteiger partial charge in [0.15, 0.2) is 5.78 Å². The Morgan fingerprint density at radius 3 is 1.88 bits per heavy atom. The predicted molar refractivity (Wildman–Crippen MR) is 62.1 cm³/mol. The monoisotopic (exact) mass is 223 g/mol. The molecule has 0 amide bonds. The Labute approximate surface area is 95.3 Å². The average molecular weight is 223 g/mol. The summed E-state index contributed by atoms with van der Waals surface area (Å²) in [6, 6.07) is 5.01. The average Bonchev–Trinajstić information content (AvgIpc) is 2.26. The minimum atomic E-state index is -0.905. The molecule has 1 rings (SSSR count). The van der Waals surface area contributed by atoms with Crippen molar-refractivity contribution in [1.82, 2.24) is 0 Å². The molecule has 0 aliphatic heterocycles. The number of hydrogen-bond acceptors (Lipinski definition) is 4. The van der Waals surface area contributed by atoms with Gasteiger partial charge in [-0.15, -0.1) is 0 Å². The van der Waals surface area contributed by atoms with Gasteiger partial charge >= 0.3 is 0 Å². The number of Topliss-reactive ketones (excluding diaryl/α,β-unsaturated/α-hetero) is 1. The van der Waals surface area contributed by atoms with Gasteiger partial charge in [0.05, 0.1) is 19.8 Å². The predicted octanol–water partition coefficient (Wildman–Crippen LogP) is 1.62. The summed E-state index contributed by atoms with van der Waals surface area (Å²) in [5.41, 5.74) is 5.35. The molecule has 0 aliphatic carbocycles. The lowest BCUT2D eigenvalue weighted by Crippen LogP contribution is -2.41. The zero-order chi connectivity index (χ0) is 12.3. The fraction of sp³-hybridized carbons (Fsp3) is 0.417. The third-order valence-electron chi connectivity index (χ3n) is 2.20. The summed E-state index contributed by atoms with van der Waals surface area (Å²) < 4.78 is 10.2. The summed E-state index contributed by atoms with van der Waals surface area (Å²) in [5.74, 6) is 1.00. The molecule has 0 bridgehead atoms. The van der Waals surface area contributed by atoms with Crippen LogP contribution in [0.1, 0.15) is 24.2 Å². The highest BCUT2D eigenvalue weighted by Gasteiger charge is 2.24. The summed E-state index contributed by atoms with van der Waals surface area (Å²) in [6.07, 6.45) is 0. The second kappa shape index (κ2) is 4.53. The molecular weight excluding hydrogens is 206 g/mol. The van der Waals surface area contributed by atoms with Crippen molar-refractivity contribution in [3.05, 3.63) is 23.8 Å². The number of carbonyl (C=O) groups is 1. The maximum absolute atomic E-state index is 12.0. The molecule has 4 heteroatoms. The third-order valence-corrected chi connectivity index (χ3v) is 2.20. The van der Waals surface area contributed by atoms with Gasteiger partial charge in [-0.2, -0.15) is 0 Å². The summed E-state index contributed by atoms with van der Waals surface area (Å²) in [7, 11) is 3.08. The second-order valence-corrected chi connectivity index (χ2v) is 4.15. The minimum Gasteiger partial charge on any atom is -0.497 e. The van der Waals surface area contributed by atoms with Crippen LogP contribution in [0.2, 0.25) is 0 Å². The van der Waals surface area contributed by atoms with E-state index in [9.17, 15) is 4.79 Å². The van der Waals surface area contributed by atoms with Gasteiger partial charge in [0.25, 0.3) is 0 Å². The molecule has 0 aliphatic rings. The normalized spacial score (nSPS) is 11.1. The van der Waals surface area contributed by atoms with E-state index in [0.29, 0.717) is 17.1 Å². The minimum absolute atomic E-state index is 0.148. The van der Waals surface area contributed by atoms with Crippen LogP contribution in [0.15, 0.2) is 18.2 Å². The van der Waals surface area contributed by atoms with Crippen LogP contribution in [0.25, 0.3) is 0 Å². The summed E-state index contributed by atoms with van der Waals surface area (Å²) in [6.45, 7) is 3.34. The second-order valence-electron chi connectivity index (χ2n) is 4.15. The van der Waals surface area contributed by atoms with Gasteiger partial charge in [0, 0.05) is 11.6 Å². The molecule has 1 aromatic carbocycles. The van der Waals surface area contributed by atoms with E-state index < -0.39 is 5.54 Å². The highest BCUT2D eigenvalue weighted by molar-refractivity contribution is 6.03. The Hall–Kier alpha value is -1.55. The van der Waals surface area contributed by atoms with Crippen LogP contribution in [0.3, 0.4) is 0 Å². The largest absolute Gasteiger partial charge is 0.497 e. The fourth-order valence-electron chi connectivity index (χ4n) is 1.31. The van der Waals surface area contributed by atoms with Gasteiger partial charge < -0.3 is 15.2 Å². The van der Waals surface area contributed by atoms with Gasteiger partial charge in [0.1, 0.15) is 11.5 Å². The van der Waals surface area contributed by atoms with Crippen LogP contribution in [-0.4, -0.2) is 25.5 Å². The van der Waals surface area contributed by atoms with Crippen LogP contribution < -0.4 is 15.2 Å². The van der Waals surface area contributed by atoms with E-state index in [1.807, 2.05) is 0 Å². The van der Waals surface area contributed by atoms with Gasteiger partial charge in [0.2, 0.25) is 0 Å². The highest BCUT2D eigenvalue weighted by atomic mass is 16.5. The Morgan fingerprint density at radius 2 is 1.56 bits per heavy atom. The number of benzene rings is 1. The molecule has 4 nitrogen and oxygen atoms in total. The summed E-state index contributed by atoms with van der Waals surface area (Å²) in [4.78, 5) is 12.0. The highest BCUT2D eigenvalue weighted by Crippen LogP contribution is 2.24. The third kappa shape index (κ3) is 2.73. The summed E-state index contributed by atoms with van der Waals surface area (Å²) in [5, 5.41) is 0. The van der Waals surface area contributed by atoms with E-state index in [0.717, 1.165) is 0 Å². The topological polar surface area (TPSA) is 61.5 Å². The molecule has 16 heavy (non-hydrogen) atoms. The Bertz CT molecular complexity index is 371. The van der Waals surface area contributed by atoms with Crippen LogP contribution in [0, 0.1) is 0 Å². The zero-order valence-electron chi connectivity index (χ0n) is 10.0. The first kappa shape index (κ1) is 12.5. The van der Waals surface area contributed by atoms with Crippen molar-refractivity contribution in [2.75, 3.05) is 14.2 Å². The van der Waals surface area contributed by atoms with E-state index in [4.69, 9.17) is 15.2 Å². The van der Waals surface area contributed by atoms with Crippen LogP contribution in [0.4, 0.5) is 0 Å². The molecule has 0 fully saturated rings. The maximum Gasteiger partial charge on any atom is 0.182 e. The summed E-state index contributed by atoms with van der Waals surface area (Å²) >= 11 is 0. The van der Waals surface area contributed by atoms with Crippen molar-refractivity contribution < 1.29 is 14.3 Å². The van der Waals surface area contributed by atoms with Gasteiger partial charge in [-0.05, 0) is 26.0 Å². The molecule has 0 spiro atoms. The Kier molecular flexibility index (Phi) is 3.55. The van der Waals surface area contributed by atoms with Crippen LogP contribution in [-0.2, 0) is 0 Å². The van der Waals surface area contributed by atoms with Gasteiger partial charge in [-0.25, -0.2) is 0 Å². The number of rotatable bonds is 4. The first-order chi connectivity index (χ1) is 7.38. The van der Waals surface area contributed by atoms with Crippen LogP contribution >= 0.6 is 0 Å². The molecule has 0 heterocycles. The van der Waals surface area contributed by atoms with Crippen LogP contribution in [0.5, 0.6) is 11.5 Å². The first-order valence-electron chi connectivity index (χ1n) is 4.95. The van der Waals surface area contributed by atoms with Crippen molar-refractivity contribution in [3.8, 4) is 11.5 Å². The SMILES string of the molecule is COc1cc(OC)cc(C(=O)C(C)(C)N)c1. The fourth-order valence-corrected chi connectivity index (χ4v) is 1.31.